The molecule has 0 bridgehead atoms. The number of hydrogen-bond acceptors (Lipinski definition) is 2. The van der Waals surface area contributed by atoms with Gasteiger partial charge < -0.3 is 10.1 Å². The highest BCUT2D eigenvalue weighted by molar-refractivity contribution is 5.45. The molecule has 0 aromatic heterocycles. The summed E-state index contributed by atoms with van der Waals surface area (Å²) in [6.45, 7) is 1.54. The fourth-order valence-corrected chi connectivity index (χ4v) is 3.05. The van der Waals surface area contributed by atoms with Crippen molar-refractivity contribution in [2.75, 3.05) is 13.2 Å². The third kappa shape index (κ3) is 2.59. The van der Waals surface area contributed by atoms with Crippen LogP contribution in [0.25, 0.3) is 0 Å². The molecule has 1 N–H and O–H groups in total. The van der Waals surface area contributed by atoms with E-state index in [0.717, 1.165) is 25.5 Å². The van der Waals surface area contributed by atoms with Gasteiger partial charge in [0.15, 0.2) is 0 Å². The van der Waals surface area contributed by atoms with Crippen molar-refractivity contribution >= 4 is 0 Å². The van der Waals surface area contributed by atoms with Crippen molar-refractivity contribution in [2.24, 2.45) is 0 Å². The average molecular weight is 267 g/mol. The van der Waals surface area contributed by atoms with Crippen molar-refractivity contribution < 1.29 is 13.5 Å². The number of ether oxygens (including phenoxy) is 1. The molecule has 2 nitrogen and oxygen atoms in total. The number of piperidine rings is 1. The first-order valence-electron chi connectivity index (χ1n) is 7.11. The first kappa shape index (κ1) is 12.9. The van der Waals surface area contributed by atoms with E-state index >= 15 is 0 Å². The van der Waals surface area contributed by atoms with E-state index in [1.807, 2.05) is 0 Å². The predicted molar refractivity (Wildman–Crippen MR) is 69.5 cm³/mol. The van der Waals surface area contributed by atoms with Crippen molar-refractivity contribution in [3.05, 3.63) is 28.8 Å². The average Bonchev–Trinajstić information content (AvgIpc) is 2.45. The molecule has 0 saturated carbocycles. The van der Waals surface area contributed by atoms with Crippen LogP contribution in [-0.2, 0) is 12.8 Å². The van der Waals surface area contributed by atoms with Crippen LogP contribution in [0.15, 0.2) is 6.07 Å². The van der Waals surface area contributed by atoms with Crippen LogP contribution in [0.1, 0.15) is 36.8 Å². The van der Waals surface area contributed by atoms with Gasteiger partial charge in [-0.2, -0.15) is 0 Å². The Morgan fingerprint density at radius 3 is 2.89 bits per heavy atom. The van der Waals surface area contributed by atoms with Crippen LogP contribution in [0.5, 0.6) is 5.75 Å². The summed E-state index contributed by atoms with van der Waals surface area (Å²) in [5, 5.41) is 3.40. The van der Waals surface area contributed by atoms with Crippen LogP contribution in [0.4, 0.5) is 8.78 Å². The first-order valence-corrected chi connectivity index (χ1v) is 7.11. The lowest BCUT2D eigenvalue weighted by molar-refractivity contribution is 0.275. The summed E-state index contributed by atoms with van der Waals surface area (Å²) in [7, 11) is 0. The molecule has 0 amide bonds. The molecule has 0 spiro atoms. The number of rotatable bonds is 2. The minimum absolute atomic E-state index is 0.281. The number of fused-ring (bicyclic) bond motifs is 1. The predicted octanol–water partition coefficient (Wildman–Crippen LogP) is 2.97. The second-order valence-corrected chi connectivity index (χ2v) is 5.43. The van der Waals surface area contributed by atoms with Crippen LogP contribution in [-0.4, -0.2) is 19.2 Å². The van der Waals surface area contributed by atoms with E-state index in [-0.39, 0.29) is 6.04 Å². The van der Waals surface area contributed by atoms with Crippen LogP contribution in [0, 0.1) is 11.6 Å². The quantitative estimate of drug-likeness (QED) is 0.889. The standard InChI is InChI=1S/C15H19F2NO/c16-13-9-14(17)12(8-10-4-1-2-6-18-10)15-11(13)5-3-7-19-15/h9-10,18H,1-8H2. The highest BCUT2D eigenvalue weighted by atomic mass is 19.1. The maximum Gasteiger partial charge on any atom is 0.133 e. The second kappa shape index (κ2) is 5.45. The molecular weight excluding hydrogens is 248 g/mol. The van der Waals surface area contributed by atoms with Crippen molar-refractivity contribution in [1.29, 1.82) is 0 Å². The molecule has 1 saturated heterocycles. The zero-order chi connectivity index (χ0) is 13.2. The Morgan fingerprint density at radius 1 is 1.21 bits per heavy atom. The number of benzene rings is 1. The maximum absolute atomic E-state index is 14.0. The fraction of sp³-hybridized carbons (Fsp3) is 0.600. The van der Waals surface area contributed by atoms with Gasteiger partial charge in [0.05, 0.1) is 6.61 Å². The van der Waals surface area contributed by atoms with Gasteiger partial charge in [-0.15, -0.1) is 0 Å². The Morgan fingerprint density at radius 2 is 2.11 bits per heavy atom. The molecule has 2 heterocycles. The molecule has 1 atom stereocenters. The third-order valence-corrected chi connectivity index (χ3v) is 4.06. The lowest BCUT2D eigenvalue weighted by atomic mass is 9.93. The zero-order valence-electron chi connectivity index (χ0n) is 11.0. The van der Waals surface area contributed by atoms with E-state index in [0.29, 0.717) is 36.3 Å². The number of halogens is 2. The molecule has 1 aromatic carbocycles. The van der Waals surface area contributed by atoms with Gasteiger partial charge in [0.1, 0.15) is 17.4 Å². The first-order chi connectivity index (χ1) is 9.25. The van der Waals surface area contributed by atoms with Gasteiger partial charge in [-0.3, -0.25) is 0 Å². The van der Waals surface area contributed by atoms with Gasteiger partial charge >= 0.3 is 0 Å². The second-order valence-electron chi connectivity index (χ2n) is 5.43. The van der Waals surface area contributed by atoms with Gasteiger partial charge in [0.25, 0.3) is 0 Å². The molecule has 19 heavy (non-hydrogen) atoms. The molecule has 4 heteroatoms. The Labute approximate surface area is 112 Å². The molecule has 1 unspecified atom stereocenters. The topological polar surface area (TPSA) is 21.3 Å². The molecule has 0 radical (unpaired) electrons. The van der Waals surface area contributed by atoms with Crippen molar-refractivity contribution in [3.8, 4) is 5.75 Å². The molecular formula is C15H19F2NO. The lowest BCUT2D eigenvalue weighted by Crippen LogP contribution is -2.36. The van der Waals surface area contributed by atoms with Crippen LogP contribution in [0.3, 0.4) is 0 Å². The van der Waals surface area contributed by atoms with E-state index in [1.165, 1.54) is 12.8 Å². The number of nitrogens with one attached hydrogen (secondary N) is 1. The Bertz CT molecular complexity index is 470. The maximum atomic E-state index is 14.0. The minimum atomic E-state index is -0.467. The summed E-state index contributed by atoms with van der Waals surface area (Å²) in [5.74, 6) is -0.464. The SMILES string of the molecule is Fc1cc(F)c(CC2CCCCN2)c2c1CCCO2. The summed E-state index contributed by atoms with van der Waals surface area (Å²) < 4.78 is 33.4. The summed E-state index contributed by atoms with van der Waals surface area (Å²) in [6.07, 6.45) is 5.43. The van der Waals surface area contributed by atoms with E-state index in [2.05, 4.69) is 5.32 Å². The van der Waals surface area contributed by atoms with Gasteiger partial charge in [0.2, 0.25) is 0 Å². The largest absolute Gasteiger partial charge is 0.493 e. The molecule has 2 aliphatic rings. The monoisotopic (exact) mass is 267 g/mol. The lowest BCUT2D eigenvalue weighted by Gasteiger charge is -2.27. The molecule has 3 rings (SSSR count). The third-order valence-electron chi connectivity index (χ3n) is 4.06. The van der Waals surface area contributed by atoms with Gasteiger partial charge in [-0.05, 0) is 38.6 Å². The summed E-state index contributed by atoms with van der Waals surface area (Å²) in [4.78, 5) is 0. The van der Waals surface area contributed by atoms with Crippen molar-refractivity contribution in [2.45, 2.75) is 44.6 Å². The summed E-state index contributed by atoms with van der Waals surface area (Å²) in [5.41, 5.74) is 1.11. The van der Waals surface area contributed by atoms with E-state index < -0.39 is 11.6 Å². The van der Waals surface area contributed by atoms with E-state index in [9.17, 15) is 8.78 Å². The fourth-order valence-electron chi connectivity index (χ4n) is 3.05. The summed E-state index contributed by atoms with van der Waals surface area (Å²) in [6, 6.07) is 1.30. The molecule has 1 aromatic rings. The van der Waals surface area contributed by atoms with Crippen molar-refractivity contribution in [3.63, 3.8) is 0 Å². The summed E-state index contributed by atoms with van der Waals surface area (Å²) >= 11 is 0. The van der Waals surface area contributed by atoms with Gasteiger partial charge in [-0.25, -0.2) is 8.78 Å². The van der Waals surface area contributed by atoms with Crippen molar-refractivity contribution in [1.82, 2.24) is 5.32 Å². The van der Waals surface area contributed by atoms with Crippen LogP contribution < -0.4 is 10.1 Å². The molecule has 2 aliphatic heterocycles. The van der Waals surface area contributed by atoms with Gasteiger partial charge in [0, 0.05) is 23.2 Å². The minimum Gasteiger partial charge on any atom is -0.493 e. The number of hydrogen-bond donors (Lipinski definition) is 1. The highest BCUT2D eigenvalue weighted by Gasteiger charge is 2.25. The van der Waals surface area contributed by atoms with Crippen LogP contribution in [0.2, 0.25) is 0 Å². The Balaban J connectivity index is 1.90. The van der Waals surface area contributed by atoms with Gasteiger partial charge in [-0.1, -0.05) is 6.42 Å². The van der Waals surface area contributed by atoms with E-state index in [1.54, 1.807) is 0 Å². The molecule has 0 aliphatic carbocycles. The molecule has 104 valence electrons. The smallest absolute Gasteiger partial charge is 0.133 e. The Hall–Kier alpha value is -1.16. The Kier molecular flexibility index (Phi) is 3.69. The van der Waals surface area contributed by atoms with Crippen LogP contribution >= 0.6 is 0 Å². The van der Waals surface area contributed by atoms with E-state index in [4.69, 9.17) is 4.74 Å². The highest BCUT2D eigenvalue weighted by Crippen LogP contribution is 2.34. The molecule has 1 fully saturated rings. The normalized spacial score (nSPS) is 22.7. The zero-order valence-corrected chi connectivity index (χ0v) is 11.0.